The summed E-state index contributed by atoms with van der Waals surface area (Å²) < 4.78 is 0. The van der Waals surface area contributed by atoms with Crippen LogP contribution in [0.3, 0.4) is 0 Å². The molecule has 51 heavy (non-hydrogen) atoms. The number of benzene rings is 7. The predicted octanol–water partition coefficient (Wildman–Crippen LogP) is 10.8. The molecule has 0 aromatic heterocycles. The standard InChI is InChI=1S/C45H30O6/c46-43(47)40-34(28-13-4-1-5-14-28)19-10-22-37(40)31-25-32(38-23-11-20-35(41(38)44(48)49)29-15-6-2-7-16-29)27-33(26-31)39-24-12-21-36(42(39)45(50)51)30-17-8-3-9-18-30/h1-27H,(H,46,47)(H,48,49)(H,50,51). The number of hydrogen-bond acceptors (Lipinski definition) is 3. The maximum absolute atomic E-state index is 13.0. The number of hydrogen-bond donors (Lipinski definition) is 3. The van der Waals surface area contributed by atoms with E-state index >= 15 is 0 Å². The molecule has 246 valence electrons. The van der Waals surface area contributed by atoms with Crippen molar-refractivity contribution >= 4 is 17.9 Å². The number of aromatic carboxylic acids is 3. The van der Waals surface area contributed by atoms with Crippen LogP contribution in [0.1, 0.15) is 31.1 Å². The Morgan fingerprint density at radius 2 is 0.490 bits per heavy atom. The van der Waals surface area contributed by atoms with Crippen molar-refractivity contribution in [3.8, 4) is 66.8 Å². The van der Waals surface area contributed by atoms with Gasteiger partial charge in [0.15, 0.2) is 0 Å². The summed E-state index contributed by atoms with van der Waals surface area (Å²) in [7, 11) is 0. The summed E-state index contributed by atoms with van der Waals surface area (Å²) in [6.45, 7) is 0. The van der Waals surface area contributed by atoms with Crippen molar-refractivity contribution in [1.29, 1.82) is 0 Å². The van der Waals surface area contributed by atoms with Crippen LogP contribution in [-0.4, -0.2) is 33.2 Å². The molecule has 6 heteroatoms. The molecule has 0 aliphatic carbocycles. The van der Waals surface area contributed by atoms with Gasteiger partial charge in [-0.05, 0) is 85.0 Å². The summed E-state index contributed by atoms with van der Waals surface area (Å²) in [4.78, 5) is 39.1. The molecule has 0 fully saturated rings. The Hall–Kier alpha value is -7.05. The topological polar surface area (TPSA) is 112 Å². The van der Waals surface area contributed by atoms with E-state index in [2.05, 4.69) is 0 Å². The van der Waals surface area contributed by atoms with Gasteiger partial charge in [-0.15, -0.1) is 0 Å². The fraction of sp³-hybridized carbons (Fsp3) is 0. The average Bonchev–Trinajstić information content (AvgIpc) is 3.17. The Labute approximate surface area is 294 Å². The summed E-state index contributed by atoms with van der Waals surface area (Å²) in [6.07, 6.45) is 0. The normalized spacial score (nSPS) is 10.8. The molecule has 0 saturated carbocycles. The van der Waals surface area contributed by atoms with Gasteiger partial charge in [0, 0.05) is 0 Å². The van der Waals surface area contributed by atoms with Crippen molar-refractivity contribution in [3.05, 3.63) is 180 Å². The summed E-state index contributed by atoms with van der Waals surface area (Å²) >= 11 is 0. The Morgan fingerprint density at radius 1 is 0.275 bits per heavy atom. The minimum absolute atomic E-state index is 0.0692. The lowest BCUT2D eigenvalue weighted by Gasteiger charge is -2.18. The van der Waals surface area contributed by atoms with E-state index in [1.54, 1.807) is 72.8 Å². The smallest absolute Gasteiger partial charge is 0.336 e. The monoisotopic (exact) mass is 666 g/mol. The van der Waals surface area contributed by atoms with Crippen LogP contribution in [0.15, 0.2) is 164 Å². The van der Waals surface area contributed by atoms with Gasteiger partial charge in [-0.2, -0.15) is 0 Å². The second kappa shape index (κ2) is 13.8. The lowest BCUT2D eigenvalue weighted by molar-refractivity contribution is 0.0687. The fourth-order valence-electron chi connectivity index (χ4n) is 6.74. The average molecular weight is 667 g/mol. The second-order valence-corrected chi connectivity index (χ2v) is 12.0. The van der Waals surface area contributed by atoms with Gasteiger partial charge in [-0.25, -0.2) is 14.4 Å². The van der Waals surface area contributed by atoms with E-state index in [1.807, 2.05) is 91.0 Å². The summed E-state index contributed by atoms with van der Waals surface area (Å²) in [5, 5.41) is 31.9. The minimum atomic E-state index is -1.13. The molecule has 6 nitrogen and oxygen atoms in total. The van der Waals surface area contributed by atoms with Crippen LogP contribution in [-0.2, 0) is 0 Å². The van der Waals surface area contributed by atoms with Crippen LogP contribution in [0, 0.1) is 0 Å². The van der Waals surface area contributed by atoms with Crippen LogP contribution < -0.4 is 0 Å². The van der Waals surface area contributed by atoms with Crippen LogP contribution in [0.2, 0.25) is 0 Å². The number of carbonyl (C=O) groups is 3. The second-order valence-electron chi connectivity index (χ2n) is 12.0. The van der Waals surface area contributed by atoms with Crippen LogP contribution in [0.25, 0.3) is 66.8 Å². The fourth-order valence-corrected chi connectivity index (χ4v) is 6.74. The zero-order chi connectivity index (χ0) is 35.5. The Balaban J connectivity index is 1.56. The highest BCUT2D eigenvalue weighted by molar-refractivity contribution is 6.07. The Bertz CT molecular complexity index is 2150. The Morgan fingerprint density at radius 3 is 0.706 bits per heavy atom. The van der Waals surface area contributed by atoms with Gasteiger partial charge in [0.1, 0.15) is 0 Å². The molecule has 0 unspecified atom stereocenters. The van der Waals surface area contributed by atoms with Crippen LogP contribution in [0.4, 0.5) is 0 Å². The SMILES string of the molecule is O=C(O)c1c(-c2ccccc2)cccc1-c1cc(-c2cccc(-c3ccccc3)c2C(=O)O)cc(-c2cccc(-c3ccccc3)c2C(=O)O)c1. The molecule has 0 saturated heterocycles. The molecule has 7 aromatic rings. The third-order valence-electron chi connectivity index (χ3n) is 8.96. The van der Waals surface area contributed by atoms with E-state index in [0.717, 1.165) is 16.7 Å². The first-order valence-electron chi connectivity index (χ1n) is 16.2. The first-order valence-corrected chi connectivity index (χ1v) is 16.2. The molecule has 3 N–H and O–H groups in total. The predicted molar refractivity (Wildman–Crippen MR) is 200 cm³/mol. The molecule has 0 aliphatic rings. The molecule has 7 aromatic carbocycles. The quantitative estimate of drug-likeness (QED) is 0.141. The molecular formula is C45H30O6. The lowest BCUT2D eigenvalue weighted by Crippen LogP contribution is -2.05. The highest BCUT2D eigenvalue weighted by Gasteiger charge is 2.24. The van der Waals surface area contributed by atoms with E-state index in [0.29, 0.717) is 50.1 Å². The maximum Gasteiger partial charge on any atom is 0.336 e. The first-order chi connectivity index (χ1) is 24.8. The molecule has 0 atom stereocenters. The van der Waals surface area contributed by atoms with Gasteiger partial charge in [-0.1, -0.05) is 146 Å². The molecular weight excluding hydrogens is 636 g/mol. The molecule has 0 heterocycles. The third-order valence-corrected chi connectivity index (χ3v) is 8.96. The summed E-state index contributed by atoms with van der Waals surface area (Å²) in [5.74, 6) is -3.40. The van der Waals surface area contributed by atoms with Gasteiger partial charge in [0.2, 0.25) is 0 Å². The Kier molecular flexibility index (Phi) is 8.81. The highest BCUT2D eigenvalue weighted by Crippen LogP contribution is 2.41. The van der Waals surface area contributed by atoms with E-state index in [1.165, 1.54) is 0 Å². The van der Waals surface area contributed by atoms with Crippen LogP contribution >= 0.6 is 0 Å². The van der Waals surface area contributed by atoms with Gasteiger partial charge >= 0.3 is 17.9 Å². The molecule has 0 aliphatic heterocycles. The largest absolute Gasteiger partial charge is 0.478 e. The lowest BCUT2D eigenvalue weighted by atomic mass is 9.85. The maximum atomic E-state index is 13.0. The van der Waals surface area contributed by atoms with Crippen molar-refractivity contribution in [2.45, 2.75) is 0 Å². The number of rotatable bonds is 9. The number of carboxylic acid groups (broad SMARTS) is 3. The van der Waals surface area contributed by atoms with Gasteiger partial charge in [-0.3, -0.25) is 0 Å². The van der Waals surface area contributed by atoms with Crippen molar-refractivity contribution in [2.75, 3.05) is 0 Å². The first kappa shape index (κ1) is 32.5. The van der Waals surface area contributed by atoms with E-state index in [-0.39, 0.29) is 16.7 Å². The zero-order valence-corrected chi connectivity index (χ0v) is 27.2. The van der Waals surface area contributed by atoms with E-state index < -0.39 is 17.9 Å². The molecule has 0 bridgehead atoms. The van der Waals surface area contributed by atoms with Gasteiger partial charge in [0.25, 0.3) is 0 Å². The molecule has 0 amide bonds. The van der Waals surface area contributed by atoms with Crippen molar-refractivity contribution in [1.82, 2.24) is 0 Å². The van der Waals surface area contributed by atoms with Crippen molar-refractivity contribution in [2.24, 2.45) is 0 Å². The summed E-state index contributed by atoms with van der Waals surface area (Å²) in [6, 6.07) is 48.8. The van der Waals surface area contributed by atoms with Crippen molar-refractivity contribution < 1.29 is 29.7 Å². The zero-order valence-electron chi connectivity index (χ0n) is 27.2. The molecule has 0 spiro atoms. The highest BCUT2D eigenvalue weighted by atomic mass is 16.4. The van der Waals surface area contributed by atoms with Gasteiger partial charge in [0.05, 0.1) is 16.7 Å². The number of carboxylic acids is 3. The summed E-state index contributed by atoms with van der Waals surface area (Å²) in [5.41, 5.74) is 6.59. The molecule has 7 rings (SSSR count). The van der Waals surface area contributed by atoms with E-state index in [9.17, 15) is 29.7 Å². The van der Waals surface area contributed by atoms with E-state index in [4.69, 9.17) is 0 Å². The van der Waals surface area contributed by atoms with Gasteiger partial charge < -0.3 is 15.3 Å². The third kappa shape index (κ3) is 6.30. The minimum Gasteiger partial charge on any atom is -0.478 e. The van der Waals surface area contributed by atoms with Crippen LogP contribution in [0.5, 0.6) is 0 Å². The molecule has 0 radical (unpaired) electrons. The van der Waals surface area contributed by atoms with Crippen molar-refractivity contribution in [3.63, 3.8) is 0 Å².